The Hall–Kier alpha value is -6.30. The number of aromatic nitrogens is 1. The van der Waals surface area contributed by atoms with Crippen LogP contribution in [0.4, 0.5) is 4.79 Å². The SMILES string of the molecule is C[C@@H](C(=O)O)N(C)C(=O)CCC(=O)N(CCOCCOCCC(=O)O)C1CCN(C(=O)CCn2c(CN(C)N(C)C(=O)OCC3c4ccccc4-c4ccccc43)cc3ccccc32)CC1. The summed E-state index contributed by atoms with van der Waals surface area (Å²) in [6, 6.07) is 25.2. The highest BCUT2D eigenvalue weighted by atomic mass is 16.6. The van der Waals surface area contributed by atoms with Crippen LogP contribution >= 0.6 is 0 Å². The smallest absolute Gasteiger partial charge is 0.424 e. The number of hydrogen-bond acceptors (Lipinski definition) is 10. The lowest BCUT2D eigenvalue weighted by Crippen LogP contribution is -2.50. The molecule has 3 aromatic carbocycles. The predicted molar refractivity (Wildman–Crippen MR) is 245 cm³/mol. The van der Waals surface area contributed by atoms with Crippen molar-refractivity contribution in [3.8, 4) is 11.1 Å². The minimum Gasteiger partial charge on any atom is -0.481 e. The Bertz CT molecular complexity index is 2300. The number of rotatable bonds is 23. The molecule has 0 saturated carbocycles. The van der Waals surface area contributed by atoms with Gasteiger partial charge in [0, 0.05) is 89.8 Å². The molecule has 1 aliphatic carbocycles. The molecule has 66 heavy (non-hydrogen) atoms. The summed E-state index contributed by atoms with van der Waals surface area (Å²) in [5.74, 6) is -2.91. The van der Waals surface area contributed by atoms with E-state index >= 15 is 0 Å². The van der Waals surface area contributed by atoms with E-state index in [0.717, 1.165) is 43.8 Å². The molecule has 4 aromatic rings. The minimum absolute atomic E-state index is 0.0217. The highest BCUT2D eigenvalue weighted by Crippen LogP contribution is 2.44. The Morgan fingerprint density at radius 1 is 0.742 bits per heavy atom. The van der Waals surface area contributed by atoms with Crippen LogP contribution in [0.25, 0.3) is 22.0 Å². The first-order chi connectivity index (χ1) is 31.7. The van der Waals surface area contributed by atoms with Crippen LogP contribution < -0.4 is 0 Å². The molecule has 1 saturated heterocycles. The third-order valence-electron chi connectivity index (χ3n) is 12.7. The molecule has 4 amide bonds. The number of carbonyl (C=O) groups excluding carboxylic acids is 4. The summed E-state index contributed by atoms with van der Waals surface area (Å²) in [6.07, 6.45) is 0.412. The fourth-order valence-corrected chi connectivity index (χ4v) is 8.69. The van der Waals surface area contributed by atoms with Crippen LogP contribution in [0.1, 0.15) is 68.2 Å². The first-order valence-electron chi connectivity index (χ1n) is 22.5. The summed E-state index contributed by atoms with van der Waals surface area (Å²) in [5, 5.41) is 22.4. The maximum Gasteiger partial charge on any atom is 0.424 e. The number of nitrogens with zero attached hydrogens (tertiary/aromatic N) is 6. The monoisotopic (exact) mass is 910 g/mol. The first kappa shape index (κ1) is 49.1. The van der Waals surface area contributed by atoms with Crippen molar-refractivity contribution < 1.29 is 53.2 Å². The summed E-state index contributed by atoms with van der Waals surface area (Å²) in [4.78, 5) is 80.5. The van der Waals surface area contributed by atoms with E-state index in [4.69, 9.17) is 19.3 Å². The summed E-state index contributed by atoms with van der Waals surface area (Å²) in [5.41, 5.74) is 6.49. The number of likely N-dealkylation sites (tertiary alicyclic amines) is 1. The van der Waals surface area contributed by atoms with Crippen LogP contribution in [0.2, 0.25) is 0 Å². The third-order valence-corrected chi connectivity index (χ3v) is 12.7. The normalized spacial score (nSPS) is 14.2. The zero-order valence-electron chi connectivity index (χ0n) is 38.3. The number of likely N-dealkylation sites (N-methyl/N-ethyl adjacent to an activating group) is 1. The molecule has 2 aliphatic rings. The molecule has 1 aromatic heterocycles. The summed E-state index contributed by atoms with van der Waals surface area (Å²) in [7, 11) is 4.91. The third kappa shape index (κ3) is 12.3. The molecule has 2 N–H and O–H groups in total. The summed E-state index contributed by atoms with van der Waals surface area (Å²) >= 11 is 0. The van der Waals surface area contributed by atoms with Crippen molar-refractivity contribution in [2.45, 2.75) is 76.5 Å². The lowest BCUT2D eigenvalue weighted by Gasteiger charge is -2.39. The van der Waals surface area contributed by atoms with Crippen molar-refractivity contribution in [3.05, 3.63) is 95.7 Å². The van der Waals surface area contributed by atoms with Crippen LogP contribution in [0, 0.1) is 0 Å². The number of aliphatic carboxylic acids is 2. The van der Waals surface area contributed by atoms with Gasteiger partial charge in [-0.3, -0.25) is 19.2 Å². The van der Waals surface area contributed by atoms with Gasteiger partial charge in [0.25, 0.3) is 0 Å². The van der Waals surface area contributed by atoms with Crippen molar-refractivity contribution in [3.63, 3.8) is 0 Å². The Morgan fingerprint density at radius 3 is 2.00 bits per heavy atom. The van der Waals surface area contributed by atoms with Gasteiger partial charge in [0.1, 0.15) is 12.6 Å². The minimum atomic E-state index is -1.14. The number of para-hydroxylation sites is 1. The standard InChI is InChI=1S/C49H62N6O11/c1-34(48(61)62)51(3)44(56)17-18-46(58)55(26-28-65-30-29-64-27-22-47(59)60)36-19-23-53(24-20-36)45(57)21-25-54-37(31-35-11-5-10-16-43(35)54)32-50(2)52(4)49(63)66-33-42-40-14-8-6-12-38(40)39-13-7-9-15-41(39)42/h5-16,31,34,36,42H,17-30,32-33H2,1-4H3,(H,59,60)(H,61,62)/t34-/m0/s1. The second-order valence-corrected chi connectivity index (χ2v) is 16.8. The van der Waals surface area contributed by atoms with Gasteiger partial charge >= 0.3 is 18.0 Å². The van der Waals surface area contributed by atoms with Crippen molar-refractivity contribution in [1.29, 1.82) is 0 Å². The van der Waals surface area contributed by atoms with E-state index in [-0.39, 0.29) is 89.0 Å². The van der Waals surface area contributed by atoms with Crippen LogP contribution in [-0.2, 0) is 51.3 Å². The number of hydrogen-bond donors (Lipinski definition) is 2. The molecular weight excluding hydrogens is 849 g/mol. The highest BCUT2D eigenvalue weighted by molar-refractivity contribution is 5.87. The van der Waals surface area contributed by atoms with Crippen molar-refractivity contribution in [2.24, 2.45) is 0 Å². The maximum absolute atomic E-state index is 13.8. The number of ether oxygens (including phenoxy) is 3. The predicted octanol–water partition coefficient (Wildman–Crippen LogP) is 5.30. The fourth-order valence-electron chi connectivity index (χ4n) is 8.69. The molecule has 0 unspecified atom stereocenters. The first-order valence-corrected chi connectivity index (χ1v) is 22.5. The maximum atomic E-state index is 13.8. The summed E-state index contributed by atoms with van der Waals surface area (Å²) < 4.78 is 19.0. The fraction of sp³-hybridized carbons (Fsp3) is 0.469. The molecule has 1 fully saturated rings. The van der Waals surface area contributed by atoms with E-state index in [1.54, 1.807) is 17.0 Å². The second-order valence-electron chi connectivity index (χ2n) is 16.8. The van der Waals surface area contributed by atoms with Crippen LogP contribution in [0.5, 0.6) is 0 Å². The van der Waals surface area contributed by atoms with E-state index in [1.807, 2.05) is 60.5 Å². The van der Waals surface area contributed by atoms with Crippen molar-refractivity contribution in [2.75, 3.05) is 73.8 Å². The second kappa shape index (κ2) is 23.2. The molecule has 2 heterocycles. The number of fused-ring (bicyclic) bond motifs is 4. The van der Waals surface area contributed by atoms with Crippen LogP contribution in [0.3, 0.4) is 0 Å². The van der Waals surface area contributed by atoms with Crippen molar-refractivity contribution in [1.82, 2.24) is 29.3 Å². The van der Waals surface area contributed by atoms with E-state index in [2.05, 4.69) is 34.9 Å². The van der Waals surface area contributed by atoms with Gasteiger partial charge in [-0.15, -0.1) is 0 Å². The molecule has 1 aliphatic heterocycles. The van der Waals surface area contributed by atoms with Gasteiger partial charge in [0.2, 0.25) is 17.7 Å². The number of carbonyl (C=O) groups is 6. The van der Waals surface area contributed by atoms with E-state index < -0.39 is 30.0 Å². The van der Waals surface area contributed by atoms with Gasteiger partial charge in [-0.2, -0.15) is 0 Å². The van der Waals surface area contributed by atoms with E-state index in [1.165, 1.54) is 19.0 Å². The molecule has 354 valence electrons. The molecule has 17 nitrogen and oxygen atoms in total. The molecule has 0 bridgehead atoms. The van der Waals surface area contributed by atoms with Gasteiger partial charge in [-0.25, -0.2) is 19.6 Å². The van der Waals surface area contributed by atoms with Gasteiger partial charge in [-0.05, 0) is 59.5 Å². The Balaban J connectivity index is 1.03. The highest BCUT2D eigenvalue weighted by Gasteiger charge is 2.32. The number of hydrazine groups is 1. The van der Waals surface area contributed by atoms with Gasteiger partial charge in [0.05, 0.1) is 39.4 Å². The average Bonchev–Trinajstić information content (AvgIpc) is 3.84. The Labute approximate surface area is 385 Å². The number of amides is 4. The van der Waals surface area contributed by atoms with Crippen LogP contribution in [-0.4, -0.2) is 161 Å². The topological polar surface area (TPSA) is 192 Å². The van der Waals surface area contributed by atoms with E-state index in [9.17, 15) is 33.9 Å². The average molecular weight is 911 g/mol. The number of piperidine rings is 1. The lowest BCUT2D eigenvalue weighted by molar-refractivity contribution is -0.148. The number of aryl methyl sites for hydroxylation is 1. The lowest BCUT2D eigenvalue weighted by atomic mass is 9.98. The molecule has 6 rings (SSSR count). The summed E-state index contributed by atoms with van der Waals surface area (Å²) in [6.45, 7) is 4.12. The van der Waals surface area contributed by atoms with Crippen LogP contribution in [0.15, 0.2) is 78.9 Å². The van der Waals surface area contributed by atoms with Gasteiger partial charge in [-0.1, -0.05) is 66.7 Å². The van der Waals surface area contributed by atoms with Gasteiger partial charge < -0.3 is 43.7 Å². The molecular formula is C49H62N6O11. The van der Waals surface area contributed by atoms with Crippen molar-refractivity contribution >= 4 is 46.7 Å². The number of benzene rings is 3. The zero-order valence-corrected chi connectivity index (χ0v) is 38.3. The molecule has 1 atom stereocenters. The Morgan fingerprint density at radius 2 is 1.35 bits per heavy atom. The van der Waals surface area contributed by atoms with Gasteiger partial charge in [0.15, 0.2) is 0 Å². The molecule has 0 spiro atoms. The molecule has 17 heteroatoms. The molecule has 0 radical (unpaired) electrons. The number of carboxylic acid groups (broad SMARTS) is 2. The van der Waals surface area contributed by atoms with E-state index in [0.29, 0.717) is 39.0 Å². The quantitative estimate of drug-likeness (QED) is 0.0723. The largest absolute Gasteiger partial charge is 0.481 e. The zero-order chi connectivity index (χ0) is 47.3. The number of carboxylic acids is 2. The Kier molecular flexibility index (Phi) is 17.3.